The molecule has 0 bridgehead atoms. The number of pyridine rings is 1. The van der Waals surface area contributed by atoms with E-state index in [4.69, 9.17) is 9.84 Å². The molecule has 0 spiro atoms. The molecule has 0 saturated carbocycles. The first-order chi connectivity index (χ1) is 8.99. The Hall–Kier alpha value is -1.79. The average Bonchev–Trinajstić information content (AvgIpc) is 2.25. The highest BCUT2D eigenvalue weighted by molar-refractivity contribution is 5.88. The minimum atomic E-state index is -4.32. The van der Waals surface area contributed by atoms with E-state index in [1.54, 1.807) is 0 Å². The SMILES string of the molecule is CC(C)(C)c1cc(C(=O)O)cc(OCCC(F)(F)F)n1. The van der Waals surface area contributed by atoms with Crippen LogP contribution in [0.25, 0.3) is 0 Å². The van der Waals surface area contributed by atoms with Gasteiger partial charge in [-0.25, -0.2) is 9.78 Å². The second kappa shape index (κ2) is 5.68. The molecular weight excluding hydrogens is 275 g/mol. The summed E-state index contributed by atoms with van der Waals surface area (Å²) in [7, 11) is 0. The molecule has 0 amide bonds. The van der Waals surface area contributed by atoms with Crippen molar-refractivity contribution in [2.75, 3.05) is 6.61 Å². The van der Waals surface area contributed by atoms with Crippen molar-refractivity contribution in [3.8, 4) is 5.88 Å². The van der Waals surface area contributed by atoms with Crippen molar-refractivity contribution in [2.45, 2.75) is 38.8 Å². The molecule has 20 heavy (non-hydrogen) atoms. The maximum Gasteiger partial charge on any atom is 0.392 e. The molecule has 1 aromatic heterocycles. The van der Waals surface area contributed by atoms with Crippen molar-refractivity contribution >= 4 is 5.97 Å². The third-order valence-electron chi connectivity index (χ3n) is 2.45. The number of halogens is 3. The highest BCUT2D eigenvalue weighted by Gasteiger charge is 2.27. The molecule has 0 aliphatic heterocycles. The van der Waals surface area contributed by atoms with Crippen molar-refractivity contribution in [2.24, 2.45) is 0 Å². The van der Waals surface area contributed by atoms with E-state index in [2.05, 4.69) is 4.98 Å². The van der Waals surface area contributed by atoms with E-state index in [1.165, 1.54) is 6.07 Å². The first-order valence-corrected chi connectivity index (χ1v) is 5.94. The second-order valence-corrected chi connectivity index (χ2v) is 5.35. The normalized spacial score (nSPS) is 12.3. The molecule has 1 heterocycles. The van der Waals surface area contributed by atoms with E-state index in [0.29, 0.717) is 5.69 Å². The largest absolute Gasteiger partial charge is 0.478 e. The molecular formula is C13H16F3NO3. The standard InChI is InChI=1S/C13H16F3NO3/c1-12(2,3)9-6-8(11(18)19)7-10(17-9)20-5-4-13(14,15)16/h6-7H,4-5H2,1-3H3,(H,18,19). The Morgan fingerprint density at radius 3 is 2.35 bits per heavy atom. The van der Waals surface area contributed by atoms with Crippen molar-refractivity contribution in [3.63, 3.8) is 0 Å². The molecule has 112 valence electrons. The van der Waals surface area contributed by atoms with Crippen LogP contribution < -0.4 is 4.74 Å². The van der Waals surface area contributed by atoms with Crippen LogP contribution in [0.4, 0.5) is 13.2 Å². The van der Waals surface area contributed by atoms with Crippen LogP contribution in [0.1, 0.15) is 43.2 Å². The summed E-state index contributed by atoms with van der Waals surface area (Å²) < 4.78 is 41.0. The van der Waals surface area contributed by atoms with Crippen LogP contribution in [0.5, 0.6) is 5.88 Å². The Morgan fingerprint density at radius 1 is 1.30 bits per heavy atom. The lowest BCUT2D eigenvalue weighted by Crippen LogP contribution is -2.17. The first kappa shape index (κ1) is 16.3. The minimum Gasteiger partial charge on any atom is -0.478 e. The number of hydrogen-bond donors (Lipinski definition) is 1. The Bertz CT molecular complexity index is 493. The van der Waals surface area contributed by atoms with Gasteiger partial charge in [0.2, 0.25) is 5.88 Å². The fraction of sp³-hybridized carbons (Fsp3) is 0.538. The van der Waals surface area contributed by atoms with E-state index in [0.717, 1.165) is 6.07 Å². The summed E-state index contributed by atoms with van der Waals surface area (Å²) in [6.07, 6.45) is -5.44. The van der Waals surface area contributed by atoms with Gasteiger partial charge in [-0.15, -0.1) is 0 Å². The Balaban J connectivity index is 2.95. The van der Waals surface area contributed by atoms with Gasteiger partial charge in [0.25, 0.3) is 0 Å². The zero-order chi connectivity index (χ0) is 15.6. The third kappa shape index (κ3) is 5.07. The third-order valence-corrected chi connectivity index (χ3v) is 2.45. The lowest BCUT2D eigenvalue weighted by atomic mass is 9.91. The molecule has 7 heteroatoms. The number of ether oxygens (including phenoxy) is 1. The molecule has 0 radical (unpaired) electrons. The number of alkyl halides is 3. The summed E-state index contributed by atoms with van der Waals surface area (Å²) in [6, 6.07) is 2.51. The zero-order valence-corrected chi connectivity index (χ0v) is 11.4. The van der Waals surface area contributed by atoms with Crippen LogP contribution in [0.15, 0.2) is 12.1 Å². The molecule has 0 aromatic carbocycles. The second-order valence-electron chi connectivity index (χ2n) is 5.35. The fourth-order valence-corrected chi connectivity index (χ4v) is 1.36. The minimum absolute atomic E-state index is 0.0630. The average molecular weight is 291 g/mol. The Kier molecular flexibility index (Phi) is 4.62. The number of nitrogens with zero attached hydrogens (tertiary/aromatic N) is 1. The van der Waals surface area contributed by atoms with Crippen LogP contribution in [0.3, 0.4) is 0 Å². The van der Waals surface area contributed by atoms with Crippen LogP contribution in [0.2, 0.25) is 0 Å². The predicted molar refractivity (Wildman–Crippen MR) is 66.1 cm³/mol. The van der Waals surface area contributed by atoms with Crippen LogP contribution in [0, 0.1) is 0 Å². The van der Waals surface area contributed by atoms with E-state index >= 15 is 0 Å². The highest BCUT2D eigenvalue weighted by Crippen LogP contribution is 2.25. The van der Waals surface area contributed by atoms with Gasteiger partial charge in [0.15, 0.2) is 0 Å². The number of carboxylic acids is 1. The van der Waals surface area contributed by atoms with Crippen molar-refractivity contribution in [1.29, 1.82) is 0 Å². The lowest BCUT2D eigenvalue weighted by molar-refractivity contribution is -0.139. The predicted octanol–water partition coefficient (Wildman–Crippen LogP) is 3.41. The molecule has 1 N–H and O–H groups in total. The van der Waals surface area contributed by atoms with Gasteiger partial charge in [-0.3, -0.25) is 0 Å². The van der Waals surface area contributed by atoms with Gasteiger partial charge in [0.1, 0.15) is 0 Å². The van der Waals surface area contributed by atoms with Crippen molar-refractivity contribution in [3.05, 3.63) is 23.4 Å². The monoisotopic (exact) mass is 291 g/mol. The molecule has 0 fully saturated rings. The maximum absolute atomic E-state index is 12.0. The number of rotatable bonds is 4. The highest BCUT2D eigenvalue weighted by atomic mass is 19.4. The molecule has 0 aliphatic rings. The van der Waals surface area contributed by atoms with E-state index < -0.39 is 30.6 Å². The Morgan fingerprint density at radius 2 is 1.90 bits per heavy atom. The molecule has 0 aliphatic carbocycles. The van der Waals surface area contributed by atoms with E-state index in [-0.39, 0.29) is 11.4 Å². The van der Waals surface area contributed by atoms with Crippen LogP contribution >= 0.6 is 0 Å². The van der Waals surface area contributed by atoms with Gasteiger partial charge in [0.05, 0.1) is 24.3 Å². The van der Waals surface area contributed by atoms with Crippen molar-refractivity contribution < 1.29 is 27.8 Å². The van der Waals surface area contributed by atoms with Crippen LogP contribution in [-0.2, 0) is 5.41 Å². The summed E-state index contributed by atoms with van der Waals surface area (Å²) >= 11 is 0. The molecule has 1 rings (SSSR count). The number of carbonyl (C=O) groups is 1. The number of carboxylic acid groups (broad SMARTS) is 1. The molecule has 0 saturated heterocycles. The number of hydrogen-bond acceptors (Lipinski definition) is 3. The Labute approximate surface area is 114 Å². The smallest absolute Gasteiger partial charge is 0.392 e. The quantitative estimate of drug-likeness (QED) is 0.923. The number of aromatic nitrogens is 1. The molecule has 4 nitrogen and oxygen atoms in total. The zero-order valence-electron chi connectivity index (χ0n) is 11.4. The first-order valence-electron chi connectivity index (χ1n) is 5.94. The lowest BCUT2D eigenvalue weighted by Gasteiger charge is -2.19. The van der Waals surface area contributed by atoms with Gasteiger partial charge >= 0.3 is 12.1 Å². The van der Waals surface area contributed by atoms with Crippen molar-refractivity contribution in [1.82, 2.24) is 4.98 Å². The summed E-state index contributed by atoms with van der Waals surface area (Å²) in [5.74, 6) is -1.29. The van der Waals surface area contributed by atoms with Gasteiger partial charge in [-0.05, 0) is 6.07 Å². The van der Waals surface area contributed by atoms with E-state index in [9.17, 15) is 18.0 Å². The van der Waals surface area contributed by atoms with E-state index in [1.807, 2.05) is 20.8 Å². The maximum atomic E-state index is 12.0. The van der Waals surface area contributed by atoms with Gasteiger partial charge < -0.3 is 9.84 Å². The number of aromatic carboxylic acids is 1. The topological polar surface area (TPSA) is 59.4 Å². The summed E-state index contributed by atoms with van der Waals surface area (Å²) in [6.45, 7) is 4.87. The van der Waals surface area contributed by atoms with Gasteiger partial charge in [-0.1, -0.05) is 20.8 Å². The van der Waals surface area contributed by atoms with Crippen LogP contribution in [-0.4, -0.2) is 28.8 Å². The summed E-state index contributed by atoms with van der Waals surface area (Å²) in [5.41, 5.74) is -0.0560. The molecule has 1 aromatic rings. The molecule has 0 unspecified atom stereocenters. The fourth-order valence-electron chi connectivity index (χ4n) is 1.36. The molecule has 0 atom stereocenters. The summed E-state index contributed by atoms with van der Waals surface area (Å²) in [4.78, 5) is 15.1. The summed E-state index contributed by atoms with van der Waals surface area (Å²) in [5, 5.41) is 8.99. The van der Waals surface area contributed by atoms with Gasteiger partial charge in [-0.2, -0.15) is 13.2 Å². The van der Waals surface area contributed by atoms with Gasteiger partial charge in [0, 0.05) is 11.5 Å².